The van der Waals surface area contributed by atoms with Gasteiger partial charge in [0.25, 0.3) is 0 Å². The van der Waals surface area contributed by atoms with Gasteiger partial charge >= 0.3 is 0 Å². The van der Waals surface area contributed by atoms with E-state index in [4.69, 9.17) is 5.26 Å². The van der Waals surface area contributed by atoms with Gasteiger partial charge in [0.2, 0.25) is 0 Å². The Kier molecular flexibility index (Phi) is 10.0. The third-order valence-electron chi connectivity index (χ3n) is 7.85. The van der Waals surface area contributed by atoms with E-state index in [1.807, 2.05) is 12.1 Å². The second-order valence-electron chi connectivity index (χ2n) is 10.1. The summed E-state index contributed by atoms with van der Waals surface area (Å²) < 4.78 is 0. The highest BCUT2D eigenvalue weighted by atomic mass is 14.3. The van der Waals surface area contributed by atoms with Crippen molar-refractivity contribution in [2.75, 3.05) is 0 Å². The Bertz CT molecular complexity index is 669. The normalized spacial score (nSPS) is 24.3. The molecule has 2 aliphatic rings. The minimum absolute atomic E-state index is 0.763. The Morgan fingerprint density at radius 1 is 0.800 bits per heavy atom. The molecule has 1 nitrogen and oxygen atoms in total. The fourth-order valence-electron chi connectivity index (χ4n) is 5.62. The van der Waals surface area contributed by atoms with Gasteiger partial charge < -0.3 is 0 Å². The zero-order chi connectivity index (χ0) is 21.0. The van der Waals surface area contributed by atoms with Gasteiger partial charge in [-0.1, -0.05) is 94.9 Å². The first-order valence-electron chi connectivity index (χ1n) is 12.9. The molecule has 0 aromatic heterocycles. The van der Waals surface area contributed by atoms with Crippen molar-refractivity contribution in [3.8, 4) is 6.07 Å². The Balaban J connectivity index is 1.27. The van der Waals surface area contributed by atoms with E-state index in [-0.39, 0.29) is 0 Å². The lowest BCUT2D eigenvalue weighted by molar-refractivity contribution is 0.234. The number of nitrogens with zero attached hydrogens (tertiary/aromatic N) is 1. The second-order valence-corrected chi connectivity index (χ2v) is 10.1. The lowest BCUT2D eigenvalue weighted by atomic mass is 9.76. The summed E-state index contributed by atoms with van der Waals surface area (Å²) in [5.41, 5.74) is 3.79. The fraction of sp³-hybridized carbons (Fsp3) is 0.690. The molecule has 0 aliphatic heterocycles. The van der Waals surface area contributed by atoms with E-state index in [0.717, 1.165) is 29.7 Å². The molecule has 0 amide bonds. The average Bonchev–Trinajstić information content (AvgIpc) is 2.81. The van der Waals surface area contributed by atoms with Crippen LogP contribution in [0.1, 0.15) is 114 Å². The van der Waals surface area contributed by atoms with Crippen LogP contribution in [0.5, 0.6) is 0 Å². The molecular formula is C29H43N. The summed E-state index contributed by atoms with van der Waals surface area (Å²) in [5, 5.41) is 8.91. The van der Waals surface area contributed by atoms with Gasteiger partial charge in [0.15, 0.2) is 0 Å². The van der Waals surface area contributed by atoms with Crippen LogP contribution in [0.25, 0.3) is 0 Å². The number of hydrogen-bond acceptors (Lipinski definition) is 1. The molecule has 0 saturated heterocycles. The molecule has 1 saturated carbocycles. The third-order valence-corrected chi connectivity index (χ3v) is 7.85. The maximum atomic E-state index is 8.91. The maximum Gasteiger partial charge on any atom is 0.0991 e. The molecule has 1 fully saturated rings. The highest BCUT2D eigenvalue weighted by Gasteiger charge is 2.22. The first-order chi connectivity index (χ1) is 14.8. The Labute approximate surface area is 186 Å². The molecule has 1 atom stereocenters. The highest BCUT2D eigenvalue weighted by molar-refractivity contribution is 5.32. The van der Waals surface area contributed by atoms with Gasteiger partial charge in [-0.05, 0) is 74.0 Å². The maximum absolute atomic E-state index is 8.91. The molecule has 2 aliphatic carbocycles. The predicted octanol–water partition coefficient (Wildman–Crippen LogP) is 8.77. The van der Waals surface area contributed by atoms with Crippen LogP contribution < -0.4 is 0 Å². The summed E-state index contributed by atoms with van der Waals surface area (Å²) in [6, 6.07) is 10.3. The lowest BCUT2D eigenvalue weighted by Crippen LogP contribution is -2.16. The number of unbranched alkanes of at least 4 members (excludes halogenated alkanes) is 3. The quantitative estimate of drug-likeness (QED) is 0.266. The number of hydrogen-bond donors (Lipinski definition) is 0. The first-order valence-corrected chi connectivity index (χ1v) is 12.9. The molecular weight excluding hydrogens is 362 g/mol. The molecule has 1 unspecified atom stereocenters. The van der Waals surface area contributed by atoms with Crippen LogP contribution in [-0.2, 0) is 6.42 Å². The molecule has 0 radical (unpaired) electrons. The molecule has 0 bridgehead atoms. The minimum Gasteiger partial charge on any atom is -0.192 e. The SMILES string of the molecule is CCCCCCC1CCC(CCC2CC=C(CCc3ccc(C#N)cc3)CC2)CC1. The summed E-state index contributed by atoms with van der Waals surface area (Å²) in [5.74, 6) is 3.02. The van der Waals surface area contributed by atoms with Crippen LogP contribution in [0.2, 0.25) is 0 Å². The van der Waals surface area contributed by atoms with Gasteiger partial charge in [0.1, 0.15) is 0 Å². The van der Waals surface area contributed by atoms with Gasteiger partial charge in [0.05, 0.1) is 11.6 Å². The van der Waals surface area contributed by atoms with Crippen molar-refractivity contribution < 1.29 is 0 Å². The second kappa shape index (κ2) is 13.0. The van der Waals surface area contributed by atoms with E-state index in [2.05, 4.69) is 31.2 Å². The molecule has 0 N–H and O–H groups in total. The number of rotatable bonds is 11. The summed E-state index contributed by atoms with van der Waals surface area (Å²) in [6.45, 7) is 2.31. The monoisotopic (exact) mass is 405 g/mol. The molecule has 1 heteroatoms. The highest BCUT2D eigenvalue weighted by Crippen LogP contribution is 2.37. The van der Waals surface area contributed by atoms with E-state index in [1.165, 1.54) is 102 Å². The van der Waals surface area contributed by atoms with Crippen molar-refractivity contribution in [2.45, 2.75) is 110 Å². The Morgan fingerprint density at radius 2 is 1.50 bits per heavy atom. The van der Waals surface area contributed by atoms with Gasteiger partial charge in [-0.3, -0.25) is 0 Å². The van der Waals surface area contributed by atoms with Crippen molar-refractivity contribution in [1.29, 1.82) is 5.26 Å². The van der Waals surface area contributed by atoms with E-state index in [1.54, 1.807) is 5.57 Å². The largest absolute Gasteiger partial charge is 0.192 e. The number of nitriles is 1. The molecule has 164 valence electrons. The molecule has 0 spiro atoms. The van der Waals surface area contributed by atoms with E-state index in [0.29, 0.717) is 0 Å². The molecule has 0 heterocycles. The van der Waals surface area contributed by atoms with Crippen LogP contribution >= 0.6 is 0 Å². The van der Waals surface area contributed by atoms with E-state index in [9.17, 15) is 0 Å². The lowest BCUT2D eigenvalue weighted by Gasteiger charge is -2.30. The zero-order valence-electron chi connectivity index (χ0n) is 19.4. The van der Waals surface area contributed by atoms with Crippen molar-refractivity contribution >= 4 is 0 Å². The summed E-state index contributed by atoms with van der Waals surface area (Å²) >= 11 is 0. The van der Waals surface area contributed by atoms with Crippen molar-refractivity contribution in [2.24, 2.45) is 17.8 Å². The van der Waals surface area contributed by atoms with Crippen LogP contribution in [0.3, 0.4) is 0 Å². The van der Waals surface area contributed by atoms with E-state index >= 15 is 0 Å². The summed E-state index contributed by atoms with van der Waals surface area (Å²) in [4.78, 5) is 0. The number of allylic oxidation sites excluding steroid dienone is 2. The minimum atomic E-state index is 0.763. The smallest absolute Gasteiger partial charge is 0.0991 e. The van der Waals surface area contributed by atoms with Crippen molar-refractivity contribution in [3.05, 3.63) is 47.0 Å². The van der Waals surface area contributed by atoms with Gasteiger partial charge in [-0.25, -0.2) is 0 Å². The summed E-state index contributed by atoms with van der Waals surface area (Å²) in [7, 11) is 0. The number of benzene rings is 1. The summed E-state index contributed by atoms with van der Waals surface area (Å²) in [6.07, 6.45) is 25.1. The third kappa shape index (κ3) is 7.94. The predicted molar refractivity (Wildman–Crippen MR) is 128 cm³/mol. The van der Waals surface area contributed by atoms with Crippen LogP contribution in [0, 0.1) is 29.1 Å². The molecule has 1 aromatic rings. The van der Waals surface area contributed by atoms with Crippen LogP contribution in [0.15, 0.2) is 35.9 Å². The van der Waals surface area contributed by atoms with Crippen molar-refractivity contribution in [1.82, 2.24) is 0 Å². The zero-order valence-corrected chi connectivity index (χ0v) is 19.4. The van der Waals surface area contributed by atoms with E-state index < -0.39 is 0 Å². The molecule has 30 heavy (non-hydrogen) atoms. The fourth-order valence-corrected chi connectivity index (χ4v) is 5.62. The topological polar surface area (TPSA) is 23.8 Å². The van der Waals surface area contributed by atoms with Gasteiger partial charge in [0, 0.05) is 0 Å². The molecule has 1 aromatic carbocycles. The average molecular weight is 406 g/mol. The van der Waals surface area contributed by atoms with Crippen LogP contribution in [-0.4, -0.2) is 0 Å². The van der Waals surface area contributed by atoms with Crippen molar-refractivity contribution in [3.63, 3.8) is 0 Å². The van der Waals surface area contributed by atoms with Crippen LogP contribution in [0.4, 0.5) is 0 Å². The molecule has 3 rings (SSSR count). The van der Waals surface area contributed by atoms with Gasteiger partial charge in [-0.15, -0.1) is 0 Å². The number of aryl methyl sites for hydroxylation is 1. The first kappa shape index (κ1) is 23.1. The van der Waals surface area contributed by atoms with Gasteiger partial charge in [-0.2, -0.15) is 5.26 Å². The Morgan fingerprint density at radius 3 is 2.13 bits per heavy atom. The Hall–Kier alpha value is -1.55. The standard InChI is InChI=1S/C29H43N/c1-2-3-4-5-6-24-7-9-25(10-8-24)11-12-26-13-15-27(16-14-26)17-18-28-19-21-29(23-30)22-20-28/h15,19-22,24-26H,2-14,16-18H2,1H3.